The number of alkyl halides is 4. The molecule has 5 heteroatoms. The Bertz CT molecular complexity index is 688. The van der Waals surface area contributed by atoms with E-state index in [1.807, 2.05) is 0 Å². The summed E-state index contributed by atoms with van der Waals surface area (Å²) in [5.41, 5.74) is -0.622. The molecule has 0 atom stereocenters. The van der Waals surface area contributed by atoms with Crippen LogP contribution in [0.2, 0.25) is 0 Å². The van der Waals surface area contributed by atoms with Gasteiger partial charge in [-0.2, -0.15) is 17.6 Å². The highest BCUT2D eigenvalue weighted by molar-refractivity contribution is 5.33. The summed E-state index contributed by atoms with van der Waals surface area (Å²) in [4.78, 5) is 0. The van der Waals surface area contributed by atoms with Crippen LogP contribution in [0.4, 0.5) is 17.6 Å². The highest BCUT2D eigenvalue weighted by Gasteiger charge is 2.62. The molecule has 32 heavy (non-hydrogen) atoms. The molecule has 3 fully saturated rings. The molecule has 0 radical (unpaired) electrons. The van der Waals surface area contributed by atoms with E-state index < -0.39 is 23.2 Å². The van der Waals surface area contributed by atoms with Crippen molar-refractivity contribution in [3.8, 4) is 0 Å². The Hall–Kier alpha value is -1.00. The van der Waals surface area contributed by atoms with E-state index in [1.54, 1.807) is 0 Å². The molecule has 4 rings (SSSR count). The fourth-order valence-electron chi connectivity index (χ4n) is 6.83. The molecule has 3 saturated carbocycles. The lowest BCUT2D eigenvalue weighted by atomic mass is 9.65. The van der Waals surface area contributed by atoms with Crippen molar-refractivity contribution >= 4 is 0 Å². The molecule has 0 heterocycles. The molecule has 0 aromatic rings. The Balaban J connectivity index is 1.19. The van der Waals surface area contributed by atoms with Gasteiger partial charge in [0.1, 0.15) is 0 Å². The lowest BCUT2D eigenvalue weighted by Crippen LogP contribution is -2.45. The number of hydrogen-bond acceptors (Lipinski definition) is 1. The van der Waals surface area contributed by atoms with Crippen LogP contribution < -0.4 is 0 Å². The van der Waals surface area contributed by atoms with E-state index in [0.29, 0.717) is 0 Å². The largest absolute Gasteiger partial charge is 0.491 e. The maximum Gasteiger partial charge on any atom is 0.369 e. The Morgan fingerprint density at radius 2 is 1.12 bits per heavy atom. The minimum Gasteiger partial charge on any atom is -0.491 e. The Kier molecular flexibility index (Phi) is 7.32. The van der Waals surface area contributed by atoms with Crippen LogP contribution in [0.15, 0.2) is 23.5 Å². The monoisotopic (exact) mass is 456 g/mol. The van der Waals surface area contributed by atoms with Crippen molar-refractivity contribution in [1.82, 2.24) is 0 Å². The van der Waals surface area contributed by atoms with E-state index in [9.17, 15) is 17.6 Å². The minimum atomic E-state index is -4.27. The molecule has 0 N–H and O–H groups in total. The molecule has 4 aliphatic carbocycles. The van der Waals surface area contributed by atoms with Crippen LogP contribution in [-0.4, -0.2) is 18.5 Å². The third kappa shape index (κ3) is 4.92. The molecule has 0 saturated heterocycles. The van der Waals surface area contributed by atoms with E-state index in [4.69, 9.17) is 4.74 Å². The number of ether oxygens (including phenoxy) is 1. The van der Waals surface area contributed by atoms with Crippen molar-refractivity contribution in [3.05, 3.63) is 23.5 Å². The van der Waals surface area contributed by atoms with Crippen molar-refractivity contribution in [1.29, 1.82) is 0 Å². The highest BCUT2D eigenvalue weighted by Crippen LogP contribution is 2.48. The predicted octanol–water partition coefficient (Wildman–Crippen LogP) is 8.56. The molecule has 0 unspecified atom stereocenters. The van der Waals surface area contributed by atoms with Crippen LogP contribution in [0.1, 0.15) is 90.9 Å². The fourth-order valence-corrected chi connectivity index (χ4v) is 6.83. The van der Waals surface area contributed by atoms with Gasteiger partial charge >= 0.3 is 11.8 Å². The van der Waals surface area contributed by atoms with Crippen molar-refractivity contribution in [2.75, 3.05) is 6.61 Å². The summed E-state index contributed by atoms with van der Waals surface area (Å²) in [5.74, 6) is -4.78. The first-order valence-corrected chi connectivity index (χ1v) is 13.0. The summed E-state index contributed by atoms with van der Waals surface area (Å²) in [6, 6.07) is 0. The minimum absolute atomic E-state index is 0.115. The molecule has 1 nitrogen and oxygen atoms in total. The summed E-state index contributed by atoms with van der Waals surface area (Å²) in [6.07, 6.45) is 17.4. The zero-order valence-corrected chi connectivity index (χ0v) is 19.7. The van der Waals surface area contributed by atoms with Crippen LogP contribution in [0.25, 0.3) is 0 Å². The van der Waals surface area contributed by atoms with Gasteiger partial charge in [0, 0.05) is 5.57 Å². The van der Waals surface area contributed by atoms with Gasteiger partial charge in [-0.25, -0.2) is 0 Å². The fraction of sp³-hybridized carbons (Fsp3) is 0.852. The molecule has 0 aliphatic heterocycles. The van der Waals surface area contributed by atoms with Gasteiger partial charge in [-0.1, -0.05) is 25.8 Å². The Morgan fingerprint density at radius 3 is 1.62 bits per heavy atom. The number of halogens is 4. The summed E-state index contributed by atoms with van der Waals surface area (Å²) in [7, 11) is 0. The second-order valence-corrected chi connectivity index (χ2v) is 11.3. The lowest BCUT2D eigenvalue weighted by molar-refractivity contribution is -0.186. The molecule has 0 amide bonds. The van der Waals surface area contributed by atoms with Gasteiger partial charge in [0.15, 0.2) is 5.76 Å². The summed E-state index contributed by atoms with van der Waals surface area (Å²) < 4.78 is 61.3. The number of rotatable bonds is 5. The first kappa shape index (κ1) is 24.1. The first-order valence-electron chi connectivity index (χ1n) is 13.0. The molecule has 4 aliphatic rings. The van der Waals surface area contributed by atoms with Crippen LogP contribution >= 0.6 is 0 Å². The Morgan fingerprint density at radius 1 is 0.688 bits per heavy atom. The standard InChI is InChI=1S/C27H40F4O/c1-18-3-8-21(9-4-18)23-12-14-24(15-13-23)22-10-6-20(7-11-22)17-32-25-16-5-19(2)26(28,29)27(25,30)31/h5,16,18,20-24H,3-4,6-15,17H2,1-2H3. The molecular formula is C27H40F4O. The van der Waals surface area contributed by atoms with Gasteiger partial charge < -0.3 is 4.74 Å². The van der Waals surface area contributed by atoms with Crippen LogP contribution in [0.3, 0.4) is 0 Å². The first-order chi connectivity index (χ1) is 15.2. The van der Waals surface area contributed by atoms with Gasteiger partial charge in [-0.3, -0.25) is 0 Å². The van der Waals surface area contributed by atoms with Gasteiger partial charge in [-0.15, -0.1) is 0 Å². The Labute approximate surface area is 191 Å². The number of allylic oxidation sites excluding steroid dienone is 4. The normalized spacial score (nSPS) is 39.7. The van der Waals surface area contributed by atoms with Crippen LogP contribution in [0, 0.1) is 35.5 Å². The van der Waals surface area contributed by atoms with Crippen molar-refractivity contribution < 1.29 is 22.3 Å². The summed E-state index contributed by atoms with van der Waals surface area (Å²) in [6.45, 7) is 3.54. The van der Waals surface area contributed by atoms with E-state index >= 15 is 0 Å². The quantitative estimate of drug-likeness (QED) is 0.377. The van der Waals surface area contributed by atoms with Crippen molar-refractivity contribution in [3.63, 3.8) is 0 Å². The summed E-state index contributed by atoms with van der Waals surface area (Å²) in [5, 5.41) is 0. The van der Waals surface area contributed by atoms with Gasteiger partial charge in [-0.05, 0) is 113 Å². The van der Waals surface area contributed by atoms with Crippen LogP contribution in [0.5, 0.6) is 0 Å². The SMILES string of the molecule is CC1=CC=C(OCC2CCC(C3CCC(C4CCC(C)CC4)CC3)CC2)C(F)(F)C1(F)F. The molecule has 0 spiro atoms. The molecular weight excluding hydrogens is 416 g/mol. The smallest absolute Gasteiger partial charge is 0.369 e. The molecule has 0 aromatic carbocycles. The van der Waals surface area contributed by atoms with E-state index in [1.165, 1.54) is 51.4 Å². The van der Waals surface area contributed by atoms with Crippen molar-refractivity contribution in [2.24, 2.45) is 35.5 Å². The second kappa shape index (κ2) is 9.70. The maximum atomic E-state index is 14.2. The zero-order valence-electron chi connectivity index (χ0n) is 19.7. The average molecular weight is 457 g/mol. The maximum absolute atomic E-state index is 14.2. The predicted molar refractivity (Wildman–Crippen MR) is 120 cm³/mol. The lowest BCUT2D eigenvalue weighted by Gasteiger charge is -2.41. The highest BCUT2D eigenvalue weighted by atomic mass is 19.3. The topological polar surface area (TPSA) is 9.23 Å². The van der Waals surface area contributed by atoms with Gasteiger partial charge in [0.05, 0.1) is 6.61 Å². The third-order valence-corrected chi connectivity index (χ3v) is 9.26. The molecule has 0 bridgehead atoms. The zero-order chi connectivity index (χ0) is 22.9. The van der Waals surface area contributed by atoms with Crippen LogP contribution in [-0.2, 0) is 4.74 Å². The second-order valence-electron chi connectivity index (χ2n) is 11.3. The van der Waals surface area contributed by atoms with Crippen molar-refractivity contribution in [2.45, 2.75) is 103 Å². The van der Waals surface area contributed by atoms with E-state index in [-0.39, 0.29) is 12.5 Å². The van der Waals surface area contributed by atoms with E-state index in [2.05, 4.69) is 6.92 Å². The average Bonchev–Trinajstić information content (AvgIpc) is 2.79. The molecule has 182 valence electrons. The number of hydrogen-bond donors (Lipinski definition) is 0. The summed E-state index contributed by atoms with van der Waals surface area (Å²) >= 11 is 0. The third-order valence-electron chi connectivity index (χ3n) is 9.26. The van der Waals surface area contributed by atoms with E-state index in [0.717, 1.165) is 74.3 Å². The molecule has 0 aromatic heterocycles. The van der Waals surface area contributed by atoms with Gasteiger partial charge in [0.25, 0.3) is 0 Å². The van der Waals surface area contributed by atoms with Gasteiger partial charge in [0.2, 0.25) is 0 Å².